The summed E-state index contributed by atoms with van der Waals surface area (Å²) in [7, 11) is 3.19. The van der Waals surface area contributed by atoms with Gasteiger partial charge in [0.25, 0.3) is 5.91 Å². The van der Waals surface area contributed by atoms with Crippen LogP contribution in [0.25, 0.3) is 9.88 Å². The van der Waals surface area contributed by atoms with E-state index in [1.165, 1.54) is 16.2 Å². The third kappa shape index (κ3) is 4.53. The molecule has 0 radical (unpaired) electrons. The van der Waals surface area contributed by atoms with Gasteiger partial charge in [-0.2, -0.15) is 0 Å². The van der Waals surface area contributed by atoms with Gasteiger partial charge in [-0.25, -0.2) is 4.98 Å². The van der Waals surface area contributed by atoms with Crippen molar-refractivity contribution in [3.8, 4) is 15.6 Å². The van der Waals surface area contributed by atoms with Crippen LogP contribution in [0.3, 0.4) is 0 Å². The number of carbonyl (C=O) groups excluding carboxylic acids is 2. The predicted molar refractivity (Wildman–Crippen MR) is 109 cm³/mol. The smallest absolute Gasteiger partial charge is 0.266 e. The molecule has 0 aliphatic carbocycles. The molecule has 0 aliphatic heterocycles. The van der Waals surface area contributed by atoms with Gasteiger partial charge >= 0.3 is 0 Å². The second kappa shape index (κ2) is 8.32. The number of likely N-dealkylation sites (N-methyl/N-ethyl adjacent to an activating group) is 1. The van der Waals surface area contributed by atoms with Gasteiger partial charge in [0.2, 0.25) is 5.91 Å². The Hall–Kier alpha value is -2.71. The summed E-state index contributed by atoms with van der Waals surface area (Å²) in [5.74, 6) is 0.233. The maximum absolute atomic E-state index is 12.7. The zero-order valence-corrected chi connectivity index (χ0v) is 16.8. The van der Waals surface area contributed by atoms with Crippen LogP contribution in [0.5, 0.6) is 5.75 Å². The van der Waals surface area contributed by atoms with Crippen LogP contribution in [0.4, 0.5) is 5.69 Å². The van der Waals surface area contributed by atoms with Crippen LogP contribution in [0, 0.1) is 6.92 Å². The Morgan fingerprint density at radius 2 is 1.96 bits per heavy atom. The molecule has 6 nitrogen and oxygen atoms in total. The van der Waals surface area contributed by atoms with Gasteiger partial charge in [-0.1, -0.05) is 6.07 Å². The van der Waals surface area contributed by atoms with Gasteiger partial charge in [-0.3, -0.25) is 9.59 Å². The molecule has 0 saturated heterocycles. The van der Waals surface area contributed by atoms with Crippen molar-refractivity contribution in [3.05, 3.63) is 52.3 Å². The molecule has 2 aromatic heterocycles. The number of carbonyl (C=O) groups is 2. The Morgan fingerprint density at radius 1 is 1.22 bits per heavy atom. The van der Waals surface area contributed by atoms with E-state index in [-0.39, 0.29) is 18.4 Å². The summed E-state index contributed by atoms with van der Waals surface area (Å²) < 4.78 is 5.09. The molecular weight excluding hydrogens is 382 g/mol. The Morgan fingerprint density at radius 3 is 2.59 bits per heavy atom. The van der Waals surface area contributed by atoms with Crippen LogP contribution >= 0.6 is 22.7 Å². The average Bonchev–Trinajstić information content (AvgIpc) is 3.31. The van der Waals surface area contributed by atoms with Crippen LogP contribution in [0.2, 0.25) is 0 Å². The van der Waals surface area contributed by atoms with E-state index >= 15 is 0 Å². The van der Waals surface area contributed by atoms with Crippen molar-refractivity contribution in [2.45, 2.75) is 6.92 Å². The number of amides is 2. The van der Waals surface area contributed by atoms with E-state index in [0.29, 0.717) is 22.0 Å². The monoisotopic (exact) mass is 401 g/mol. The van der Waals surface area contributed by atoms with Crippen molar-refractivity contribution in [3.63, 3.8) is 0 Å². The number of ether oxygens (including phenoxy) is 1. The fourth-order valence-electron chi connectivity index (χ4n) is 2.44. The molecule has 0 atom stereocenters. The molecule has 2 heterocycles. The quantitative estimate of drug-likeness (QED) is 0.680. The summed E-state index contributed by atoms with van der Waals surface area (Å²) in [5.41, 5.74) is 1.33. The largest absolute Gasteiger partial charge is 0.497 e. The van der Waals surface area contributed by atoms with Gasteiger partial charge in [-0.15, -0.1) is 22.7 Å². The highest BCUT2D eigenvalue weighted by atomic mass is 32.1. The third-order valence-electron chi connectivity index (χ3n) is 3.82. The summed E-state index contributed by atoms with van der Waals surface area (Å²) in [6.07, 6.45) is 0. The van der Waals surface area contributed by atoms with E-state index < -0.39 is 0 Å². The van der Waals surface area contributed by atoms with Crippen LogP contribution in [-0.4, -0.2) is 42.4 Å². The second-order valence-corrected chi connectivity index (χ2v) is 7.80. The number of aromatic nitrogens is 1. The molecule has 0 aliphatic rings. The van der Waals surface area contributed by atoms with Crippen LogP contribution < -0.4 is 10.1 Å². The van der Waals surface area contributed by atoms with Gasteiger partial charge in [0.1, 0.15) is 15.6 Å². The van der Waals surface area contributed by atoms with Gasteiger partial charge in [0.05, 0.1) is 24.2 Å². The first kappa shape index (κ1) is 19.1. The number of hydrogen-bond acceptors (Lipinski definition) is 6. The standard InChI is InChI=1S/C19H19N3O3S2/c1-12-17(27-18(20-12)15-5-4-10-26-15)19(24)22(2)11-16(23)21-13-6-8-14(25-3)9-7-13/h4-10H,11H2,1-3H3,(H,21,23). The molecule has 27 heavy (non-hydrogen) atoms. The lowest BCUT2D eigenvalue weighted by molar-refractivity contribution is -0.116. The van der Waals surface area contributed by atoms with Crippen LogP contribution in [0.15, 0.2) is 41.8 Å². The Balaban J connectivity index is 1.64. The molecule has 0 bridgehead atoms. The SMILES string of the molecule is COc1ccc(NC(=O)CN(C)C(=O)c2sc(-c3cccs3)nc2C)cc1. The number of thiophene rings is 1. The van der Waals surface area contributed by atoms with E-state index in [4.69, 9.17) is 4.74 Å². The summed E-state index contributed by atoms with van der Waals surface area (Å²) in [5, 5.41) is 5.57. The maximum Gasteiger partial charge on any atom is 0.266 e. The summed E-state index contributed by atoms with van der Waals surface area (Å²) in [6, 6.07) is 10.9. The van der Waals surface area contributed by atoms with E-state index in [1.54, 1.807) is 49.8 Å². The first-order chi connectivity index (χ1) is 13.0. The molecular formula is C19H19N3O3S2. The average molecular weight is 402 g/mol. The number of benzene rings is 1. The number of nitrogens with one attached hydrogen (secondary N) is 1. The topological polar surface area (TPSA) is 71.5 Å². The van der Waals surface area contributed by atoms with Gasteiger partial charge in [0.15, 0.2) is 0 Å². The lowest BCUT2D eigenvalue weighted by atomic mass is 10.3. The Bertz CT molecular complexity index is 934. The van der Waals surface area contributed by atoms with Crippen molar-refractivity contribution in [2.24, 2.45) is 0 Å². The van der Waals surface area contributed by atoms with E-state index in [0.717, 1.165) is 9.88 Å². The predicted octanol–water partition coefficient (Wildman–Crippen LogP) is 3.90. The number of rotatable bonds is 6. The van der Waals surface area contributed by atoms with E-state index in [2.05, 4.69) is 10.3 Å². The van der Waals surface area contributed by atoms with Gasteiger partial charge < -0.3 is 15.0 Å². The van der Waals surface area contributed by atoms with Gasteiger partial charge in [0, 0.05) is 12.7 Å². The van der Waals surface area contributed by atoms with Crippen LogP contribution in [0.1, 0.15) is 15.4 Å². The van der Waals surface area contributed by atoms with Crippen molar-refractivity contribution < 1.29 is 14.3 Å². The number of thiazole rings is 1. The zero-order valence-electron chi connectivity index (χ0n) is 15.2. The van der Waals surface area contributed by atoms with E-state index in [1.807, 2.05) is 24.4 Å². The minimum atomic E-state index is -0.267. The second-order valence-electron chi connectivity index (χ2n) is 5.85. The summed E-state index contributed by atoms with van der Waals surface area (Å²) in [6.45, 7) is 1.77. The van der Waals surface area contributed by atoms with Crippen molar-refractivity contribution >= 4 is 40.2 Å². The Kier molecular flexibility index (Phi) is 5.88. The highest BCUT2D eigenvalue weighted by Crippen LogP contribution is 2.31. The third-order valence-corrected chi connectivity index (χ3v) is 6.01. The number of anilines is 1. The molecule has 1 N–H and O–H groups in total. The molecule has 1 aromatic carbocycles. The molecule has 140 valence electrons. The highest BCUT2D eigenvalue weighted by molar-refractivity contribution is 7.22. The number of nitrogens with zero attached hydrogens (tertiary/aromatic N) is 2. The molecule has 3 aromatic rings. The number of methoxy groups -OCH3 is 1. The maximum atomic E-state index is 12.7. The fourth-order valence-corrected chi connectivity index (χ4v) is 4.29. The first-order valence-electron chi connectivity index (χ1n) is 8.18. The minimum absolute atomic E-state index is 0.0451. The number of aryl methyl sites for hydroxylation is 1. The molecule has 0 spiro atoms. The molecule has 0 saturated carbocycles. The molecule has 0 fully saturated rings. The summed E-state index contributed by atoms with van der Waals surface area (Å²) >= 11 is 2.93. The highest BCUT2D eigenvalue weighted by Gasteiger charge is 2.21. The zero-order chi connectivity index (χ0) is 19.4. The van der Waals surface area contributed by atoms with E-state index in [9.17, 15) is 9.59 Å². The fraction of sp³-hybridized carbons (Fsp3) is 0.211. The first-order valence-corrected chi connectivity index (χ1v) is 9.88. The van der Waals surface area contributed by atoms with Crippen molar-refractivity contribution in [2.75, 3.05) is 26.0 Å². The van der Waals surface area contributed by atoms with Crippen molar-refractivity contribution in [1.82, 2.24) is 9.88 Å². The lowest BCUT2D eigenvalue weighted by Crippen LogP contribution is -2.34. The normalized spacial score (nSPS) is 10.5. The molecule has 0 unspecified atom stereocenters. The molecule has 2 amide bonds. The Labute approximate surface area is 165 Å². The van der Waals surface area contributed by atoms with Crippen molar-refractivity contribution in [1.29, 1.82) is 0 Å². The number of hydrogen-bond donors (Lipinski definition) is 1. The summed E-state index contributed by atoms with van der Waals surface area (Å²) in [4.78, 5) is 32.4. The van der Waals surface area contributed by atoms with Gasteiger partial charge in [-0.05, 0) is 42.6 Å². The lowest BCUT2D eigenvalue weighted by Gasteiger charge is -2.16. The molecule has 8 heteroatoms. The van der Waals surface area contributed by atoms with Crippen LogP contribution in [-0.2, 0) is 4.79 Å². The molecule has 3 rings (SSSR count). The minimum Gasteiger partial charge on any atom is -0.497 e.